The number of primary amides is 1. The first-order chi connectivity index (χ1) is 13.6. The Kier molecular flexibility index (Phi) is 5.02. The number of anilines is 1. The molecular weight excluding hydrogens is 370 g/mol. The largest absolute Gasteiger partial charge is 0.508 e. The molecule has 0 saturated heterocycles. The van der Waals surface area contributed by atoms with Gasteiger partial charge in [-0.1, -0.05) is 13.8 Å². The van der Waals surface area contributed by atoms with Crippen LogP contribution in [0, 0.1) is 10.8 Å². The summed E-state index contributed by atoms with van der Waals surface area (Å²) >= 11 is 0. The molecule has 0 unspecified atom stereocenters. The van der Waals surface area contributed by atoms with Crippen LogP contribution in [0.25, 0.3) is 10.9 Å². The van der Waals surface area contributed by atoms with Crippen molar-refractivity contribution in [1.82, 2.24) is 4.57 Å². The fourth-order valence-corrected chi connectivity index (χ4v) is 3.25. The number of aromatic hydroxyl groups is 2. The highest BCUT2D eigenvalue weighted by molar-refractivity contribution is 6.47. The lowest BCUT2D eigenvalue weighted by Gasteiger charge is -2.25. The van der Waals surface area contributed by atoms with Gasteiger partial charge in [-0.25, -0.2) is 0 Å². The molecule has 0 fully saturated rings. The molecule has 3 rings (SSSR count). The quantitative estimate of drug-likeness (QED) is 0.345. The number of hydrogen-bond donors (Lipinski definition) is 5. The average molecular weight is 393 g/mol. The number of phenolic OH excluding ortho intramolecular Hbond substituents is 2. The van der Waals surface area contributed by atoms with Gasteiger partial charge in [-0.2, -0.15) is 0 Å². The second kappa shape index (κ2) is 7.31. The van der Waals surface area contributed by atoms with Crippen LogP contribution < -0.4 is 10.6 Å². The third-order valence-electron chi connectivity index (χ3n) is 4.83. The molecule has 8 nitrogen and oxygen atoms in total. The van der Waals surface area contributed by atoms with Gasteiger partial charge in [0.15, 0.2) is 5.84 Å². The Morgan fingerprint density at radius 3 is 2.41 bits per heavy atom. The SMILES string of the molecule is CC(C)c1cc(C(=N)N(C(=N)C(N)=O)c2ccc3c(ccn3C)c2)c(O)cc1O. The standard InChI is InChI=1S/C21H23N5O3/c1-11(2)14-9-15(18(28)10-17(14)27)19(22)26(20(23)21(24)29)13-4-5-16-12(8-13)6-7-25(16)3/h4-11,22-23,27-28H,1-3H3,(H2,24,29). The summed E-state index contributed by atoms with van der Waals surface area (Å²) in [5, 5.41) is 38.1. The monoisotopic (exact) mass is 393 g/mol. The zero-order valence-corrected chi connectivity index (χ0v) is 16.4. The third-order valence-corrected chi connectivity index (χ3v) is 4.83. The maximum atomic E-state index is 11.8. The topological polar surface area (TPSA) is 139 Å². The van der Waals surface area contributed by atoms with Gasteiger partial charge in [0, 0.05) is 30.2 Å². The molecule has 1 heterocycles. The highest BCUT2D eigenvalue weighted by atomic mass is 16.3. The molecule has 0 aliphatic carbocycles. The molecule has 0 aliphatic heterocycles. The molecule has 0 bridgehead atoms. The first kappa shape index (κ1) is 19.9. The average Bonchev–Trinajstić information content (AvgIpc) is 3.01. The third kappa shape index (κ3) is 3.52. The van der Waals surface area contributed by atoms with Gasteiger partial charge in [-0.05, 0) is 41.8 Å². The van der Waals surface area contributed by atoms with Gasteiger partial charge < -0.3 is 20.5 Å². The lowest BCUT2D eigenvalue weighted by atomic mass is 9.98. The van der Waals surface area contributed by atoms with Gasteiger partial charge in [-0.3, -0.25) is 20.5 Å². The van der Waals surface area contributed by atoms with E-state index in [0.717, 1.165) is 21.9 Å². The predicted octanol–water partition coefficient (Wildman–Crippen LogP) is 3.01. The molecule has 6 N–H and O–H groups in total. The summed E-state index contributed by atoms with van der Waals surface area (Å²) in [6.07, 6.45) is 1.88. The van der Waals surface area contributed by atoms with Crippen molar-refractivity contribution in [2.24, 2.45) is 12.8 Å². The number of benzene rings is 2. The van der Waals surface area contributed by atoms with Crippen LogP contribution in [0.3, 0.4) is 0 Å². The molecule has 29 heavy (non-hydrogen) atoms. The van der Waals surface area contributed by atoms with Crippen molar-refractivity contribution in [2.45, 2.75) is 19.8 Å². The molecule has 1 aromatic heterocycles. The smallest absolute Gasteiger partial charge is 0.284 e. The molecular formula is C21H23N5O3. The molecule has 2 aromatic carbocycles. The first-order valence-electron chi connectivity index (χ1n) is 9.00. The maximum Gasteiger partial charge on any atom is 0.284 e. The highest BCUT2D eigenvalue weighted by Crippen LogP contribution is 2.34. The summed E-state index contributed by atoms with van der Waals surface area (Å²) in [5.41, 5.74) is 7.28. The highest BCUT2D eigenvalue weighted by Gasteiger charge is 2.26. The number of phenols is 2. The normalized spacial score (nSPS) is 11.0. The molecule has 3 aromatic rings. The minimum Gasteiger partial charge on any atom is -0.508 e. The number of carbonyl (C=O) groups excluding carboxylic acids is 1. The van der Waals surface area contributed by atoms with E-state index in [4.69, 9.17) is 16.6 Å². The molecule has 1 amide bonds. The molecule has 0 spiro atoms. The summed E-state index contributed by atoms with van der Waals surface area (Å²) in [7, 11) is 1.90. The Morgan fingerprint density at radius 2 is 1.79 bits per heavy atom. The van der Waals surface area contributed by atoms with Crippen molar-refractivity contribution in [1.29, 1.82) is 10.8 Å². The zero-order chi connectivity index (χ0) is 21.5. The number of aryl methyl sites for hydroxylation is 1. The molecule has 0 atom stereocenters. The summed E-state index contributed by atoms with van der Waals surface area (Å²) < 4.78 is 1.93. The van der Waals surface area contributed by atoms with E-state index in [1.54, 1.807) is 12.1 Å². The van der Waals surface area contributed by atoms with Crippen LogP contribution in [0.15, 0.2) is 42.6 Å². The van der Waals surface area contributed by atoms with Crippen LogP contribution in [0.2, 0.25) is 0 Å². The van der Waals surface area contributed by atoms with E-state index in [2.05, 4.69) is 0 Å². The number of aromatic nitrogens is 1. The number of carbonyl (C=O) groups is 1. The van der Waals surface area contributed by atoms with Crippen LogP contribution in [0.1, 0.15) is 30.9 Å². The fraction of sp³-hybridized carbons (Fsp3) is 0.190. The fourth-order valence-electron chi connectivity index (χ4n) is 3.25. The number of nitrogens with zero attached hydrogens (tertiary/aromatic N) is 2. The molecule has 8 heteroatoms. The van der Waals surface area contributed by atoms with Gasteiger partial charge >= 0.3 is 0 Å². The summed E-state index contributed by atoms with van der Waals surface area (Å²) in [6.45, 7) is 3.73. The van der Waals surface area contributed by atoms with Crippen LogP contribution in [-0.4, -0.2) is 32.4 Å². The Morgan fingerprint density at radius 1 is 1.10 bits per heavy atom. The van der Waals surface area contributed by atoms with Crippen molar-refractivity contribution in [3.63, 3.8) is 0 Å². The molecule has 150 valence electrons. The number of nitrogens with two attached hydrogens (primary N) is 1. The van der Waals surface area contributed by atoms with Crippen LogP contribution in [0.4, 0.5) is 5.69 Å². The number of rotatable bonds is 3. The molecule has 0 saturated carbocycles. The van der Waals surface area contributed by atoms with Crippen molar-refractivity contribution < 1.29 is 15.0 Å². The number of fused-ring (bicyclic) bond motifs is 1. The molecule has 0 aliphatic rings. The maximum absolute atomic E-state index is 11.8. The van der Waals surface area contributed by atoms with Gasteiger partial charge in [0.25, 0.3) is 5.91 Å². The van der Waals surface area contributed by atoms with Crippen LogP contribution >= 0.6 is 0 Å². The number of hydrogen-bond acceptors (Lipinski definition) is 5. The van der Waals surface area contributed by atoms with Crippen molar-refractivity contribution in [3.8, 4) is 11.5 Å². The Balaban J connectivity index is 2.17. The first-order valence-corrected chi connectivity index (χ1v) is 9.00. The van der Waals surface area contributed by atoms with Crippen LogP contribution in [0.5, 0.6) is 11.5 Å². The second-order valence-electron chi connectivity index (χ2n) is 7.15. The summed E-state index contributed by atoms with van der Waals surface area (Å²) in [6, 6.07) is 9.75. The van der Waals surface area contributed by atoms with Crippen molar-refractivity contribution >= 4 is 34.2 Å². The van der Waals surface area contributed by atoms with E-state index in [-0.39, 0.29) is 28.8 Å². The Hall–Kier alpha value is -3.81. The van der Waals surface area contributed by atoms with Crippen molar-refractivity contribution in [3.05, 3.63) is 53.7 Å². The van der Waals surface area contributed by atoms with Crippen LogP contribution in [-0.2, 0) is 11.8 Å². The number of amidine groups is 2. The second-order valence-corrected chi connectivity index (χ2v) is 7.15. The van der Waals surface area contributed by atoms with E-state index < -0.39 is 11.7 Å². The van der Waals surface area contributed by atoms with E-state index in [0.29, 0.717) is 11.3 Å². The van der Waals surface area contributed by atoms with Gasteiger partial charge in [-0.15, -0.1) is 0 Å². The summed E-state index contributed by atoms with van der Waals surface area (Å²) in [5.74, 6) is -2.40. The van der Waals surface area contributed by atoms with Crippen molar-refractivity contribution in [2.75, 3.05) is 4.90 Å². The van der Waals surface area contributed by atoms with E-state index in [9.17, 15) is 15.0 Å². The predicted molar refractivity (Wildman–Crippen MR) is 113 cm³/mol. The van der Waals surface area contributed by atoms with E-state index >= 15 is 0 Å². The Labute approximate surface area is 167 Å². The number of amides is 1. The van der Waals surface area contributed by atoms with E-state index in [1.165, 1.54) is 6.07 Å². The number of nitrogens with one attached hydrogen (secondary N) is 2. The minimum atomic E-state index is -1.01. The van der Waals surface area contributed by atoms with E-state index in [1.807, 2.05) is 43.8 Å². The van der Waals surface area contributed by atoms with Gasteiger partial charge in [0.2, 0.25) is 0 Å². The lowest BCUT2D eigenvalue weighted by Crippen LogP contribution is -2.44. The molecule has 0 radical (unpaired) electrons. The Bertz CT molecular complexity index is 1150. The lowest BCUT2D eigenvalue weighted by molar-refractivity contribution is -0.112. The van der Waals surface area contributed by atoms with Gasteiger partial charge in [0.1, 0.15) is 17.3 Å². The summed E-state index contributed by atoms with van der Waals surface area (Å²) in [4.78, 5) is 12.9. The minimum absolute atomic E-state index is 0.0631. The van der Waals surface area contributed by atoms with Gasteiger partial charge in [0.05, 0.1) is 11.3 Å². The zero-order valence-electron chi connectivity index (χ0n) is 16.4.